The minimum Gasteiger partial charge on any atom is -0.366 e. The summed E-state index contributed by atoms with van der Waals surface area (Å²) in [5.41, 5.74) is 6.45. The van der Waals surface area contributed by atoms with Crippen molar-refractivity contribution in [2.75, 3.05) is 10.6 Å². The van der Waals surface area contributed by atoms with Crippen LogP contribution in [0, 0.1) is 6.92 Å². The molecule has 0 fully saturated rings. The number of aromatic nitrogens is 3. The maximum absolute atomic E-state index is 12.0. The molecule has 33 heavy (non-hydrogen) atoms. The van der Waals surface area contributed by atoms with Crippen molar-refractivity contribution in [1.29, 1.82) is 0 Å². The Kier molecular flexibility index (Phi) is 5.82. The number of carbonyl (C=O) groups excluding carboxylic acids is 1. The quantitative estimate of drug-likeness (QED) is 0.412. The molecule has 2 aromatic heterocycles. The number of hydrogen-bond acceptors (Lipinski definition) is 4. The molecule has 1 aliphatic rings. The van der Waals surface area contributed by atoms with Gasteiger partial charge in [0.15, 0.2) is 0 Å². The highest BCUT2D eigenvalue weighted by Crippen LogP contribution is 2.32. The SMILES string of the molecule is CCC(=O)Nc1cccc2c1cc(C)n2-c1nc2c(c(NCc3ccccc3)n1)CCCC2. The topological polar surface area (TPSA) is 71.8 Å². The molecule has 0 radical (unpaired) electrons. The summed E-state index contributed by atoms with van der Waals surface area (Å²) < 4.78 is 2.10. The third kappa shape index (κ3) is 4.21. The molecule has 0 unspecified atom stereocenters. The molecule has 0 spiro atoms. The molecule has 2 N–H and O–H groups in total. The lowest BCUT2D eigenvalue weighted by Crippen LogP contribution is -2.16. The first-order chi connectivity index (χ1) is 16.1. The Morgan fingerprint density at radius 3 is 2.67 bits per heavy atom. The molecule has 1 aliphatic carbocycles. The second-order valence-electron chi connectivity index (χ2n) is 8.60. The first kappa shape index (κ1) is 21.2. The van der Waals surface area contributed by atoms with Crippen molar-refractivity contribution in [3.05, 3.63) is 77.1 Å². The lowest BCUT2D eigenvalue weighted by Gasteiger charge is -2.21. The normalized spacial score (nSPS) is 13.0. The zero-order valence-electron chi connectivity index (χ0n) is 19.2. The Labute approximate surface area is 194 Å². The number of nitrogens with one attached hydrogen (secondary N) is 2. The number of nitrogens with zero attached hydrogens (tertiary/aromatic N) is 3. The highest BCUT2D eigenvalue weighted by atomic mass is 16.1. The average Bonchev–Trinajstić information content (AvgIpc) is 3.19. The van der Waals surface area contributed by atoms with Gasteiger partial charge in [0.2, 0.25) is 11.9 Å². The Hall–Kier alpha value is -3.67. The summed E-state index contributed by atoms with van der Waals surface area (Å²) in [6, 6.07) is 18.5. The van der Waals surface area contributed by atoms with Gasteiger partial charge in [0.05, 0.1) is 16.9 Å². The minimum absolute atomic E-state index is 0.00494. The van der Waals surface area contributed by atoms with Crippen molar-refractivity contribution in [3.8, 4) is 5.95 Å². The number of rotatable bonds is 6. The van der Waals surface area contributed by atoms with Gasteiger partial charge in [0.25, 0.3) is 0 Å². The molecule has 5 rings (SSSR count). The first-order valence-corrected chi connectivity index (χ1v) is 11.7. The van der Waals surface area contributed by atoms with E-state index in [0.29, 0.717) is 12.4 Å². The van der Waals surface area contributed by atoms with Crippen LogP contribution in [0.25, 0.3) is 16.9 Å². The van der Waals surface area contributed by atoms with E-state index in [0.717, 1.165) is 59.6 Å². The summed E-state index contributed by atoms with van der Waals surface area (Å²) in [7, 11) is 0. The van der Waals surface area contributed by atoms with Crippen LogP contribution >= 0.6 is 0 Å². The number of fused-ring (bicyclic) bond motifs is 2. The Balaban J connectivity index is 1.58. The lowest BCUT2D eigenvalue weighted by atomic mass is 9.96. The number of carbonyl (C=O) groups is 1. The van der Waals surface area contributed by atoms with E-state index in [1.807, 2.05) is 25.1 Å². The van der Waals surface area contributed by atoms with E-state index in [4.69, 9.17) is 9.97 Å². The van der Waals surface area contributed by atoms with Crippen molar-refractivity contribution < 1.29 is 4.79 Å². The van der Waals surface area contributed by atoms with Gasteiger partial charge in [-0.15, -0.1) is 0 Å². The highest BCUT2D eigenvalue weighted by Gasteiger charge is 2.21. The maximum Gasteiger partial charge on any atom is 0.236 e. The molecule has 0 bridgehead atoms. The fraction of sp³-hybridized carbons (Fsp3) is 0.296. The molecule has 6 nitrogen and oxygen atoms in total. The molecule has 6 heteroatoms. The number of anilines is 2. The van der Waals surface area contributed by atoms with Crippen molar-refractivity contribution in [2.45, 2.75) is 52.5 Å². The molecular weight excluding hydrogens is 410 g/mol. The van der Waals surface area contributed by atoms with Crippen molar-refractivity contribution in [3.63, 3.8) is 0 Å². The van der Waals surface area contributed by atoms with Crippen molar-refractivity contribution in [2.24, 2.45) is 0 Å². The highest BCUT2D eigenvalue weighted by molar-refractivity contribution is 6.02. The van der Waals surface area contributed by atoms with Crippen LogP contribution in [0.1, 0.15) is 48.7 Å². The molecule has 2 aromatic carbocycles. The summed E-state index contributed by atoms with van der Waals surface area (Å²) in [4.78, 5) is 22.1. The van der Waals surface area contributed by atoms with Crippen LogP contribution in [0.3, 0.4) is 0 Å². The summed E-state index contributed by atoms with van der Waals surface area (Å²) in [5, 5.41) is 7.60. The summed E-state index contributed by atoms with van der Waals surface area (Å²) in [6.07, 6.45) is 4.74. The fourth-order valence-corrected chi connectivity index (χ4v) is 4.59. The van der Waals surface area contributed by atoms with E-state index in [1.165, 1.54) is 17.5 Å². The van der Waals surface area contributed by atoms with Gasteiger partial charge in [-0.05, 0) is 56.4 Å². The second kappa shape index (κ2) is 9.06. The monoisotopic (exact) mass is 439 g/mol. The Morgan fingerprint density at radius 1 is 1.03 bits per heavy atom. The van der Waals surface area contributed by atoms with Gasteiger partial charge < -0.3 is 10.6 Å². The minimum atomic E-state index is 0.00494. The van der Waals surface area contributed by atoms with Crippen LogP contribution in [0.4, 0.5) is 11.5 Å². The van der Waals surface area contributed by atoms with E-state index in [9.17, 15) is 4.79 Å². The fourth-order valence-electron chi connectivity index (χ4n) is 4.59. The lowest BCUT2D eigenvalue weighted by molar-refractivity contribution is -0.115. The average molecular weight is 440 g/mol. The molecule has 2 heterocycles. The van der Waals surface area contributed by atoms with Gasteiger partial charge in [-0.1, -0.05) is 43.3 Å². The van der Waals surface area contributed by atoms with E-state index in [1.54, 1.807) is 0 Å². The van der Waals surface area contributed by atoms with Crippen LogP contribution in [0.5, 0.6) is 0 Å². The maximum atomic E-state index is 12.0. The first-order valence-electron chi connectivity index (χ1n) is 11.7. The third-order valence-electron chi connectivity index (χ3n) is 6.30. The number of benzene rings is 2. The molecule has 4 aromatic rings. The van der Waals surface area contributed by atoms with E-state index in [-0.39, 0.29) is 5.91 Å². The Bertz CT molecular complexity index is 1310. The van der Waals surface area contributed by atoms with Gasteiger partial charge in [-0.3, -0.25) is 9.36 Å². The molecule has 0 saturated carbocycles. The van der Waals surface area contributed by atoms with Crippen LogP contribution in [-0.2, 0) is 24.2 Å². The molecule has 0 saturated heterocycles. The third-order valence-corrected chi connectivity index (χ3v) is 6.30. The van der Waals surface area contributed by atoms with E-state index < -0.39 is 0 Å². The summed E-state index contributed by atoms with van der Waals surface area (Å²) in [5.74, 6) is 1.61. The summed E-state index contributed by atoms with van der Waals surface area (Å²) in [6.45, 7) is 4.64. The van der Waals surface area contributed by atoms with Gasteiger partial charge in [0, 0.05) is 29.6 Å². The van der Waals surface area contributed by atoms with Crippen LogP contribution < -0.4 is 10.6 Å². The standard InChI is InChI=1S/C27H29N5O/c1-3-25(33)29-23-14-9-15-24-21(23)16-18(2)32(24)27-30-22-13-8-7-12-20(22)26(31-27)28-17-19-10-5-4-6-11-19/h4-6,9-11,14-16H,3,7-8,12-13,17H2,1-2H3,(H,29,33)(H,28,30,31). The van der Waals surface area contributed by atoms with E-state index in [2.05, 4.69) is 58.5 Å². The van der Waals surface area contributed by atoms with Gasteiger partial charge in [-0.25, -0.2) is 4.98 Å². The van der Waals surface area contributed by atoms with E-state index >= 15 is 0 Å². The largest absolute Gasteiger partial charge is 0.366 e. The Morgan fingerprint density at radius 2 is 1.85 bits per heavy atom. The number of amides is 1. The molecule has 1 amide bonds. The van der Waals surface area contributed by atoms with Crippen LogP contribution in [0.2, 0.25) is 0 Å². The van der Waals surface area contributed by atoms with Crippen LogP contribution in [-0.4, -0.2) is 20.4 Å². The van der Waals surface area contributed by atoms with Gasteiger partial charge in [0.1, 0.15) is 5.82 Å². The van der Waals surface area contributed by atoms with Crippen molar-refractivity contribution >= 4 is 28.3 Å². The molecule has 0 atom stereocenters. The number of hydrogen-bond donors (Lipinski definition) is 2. The predicted octanol–water partition coefficient (Wildman–Crippen LogP) is 5.57. The smallest absolute Gasteiger partial charge is 0.236 e. The second-order valence-corrected chi connectivity index (χ2v) is 8.60. The molecule has 168 valence electrons. The van der Waals surface area contributed by atoms with Gasteiger partial charge in [-0.2, -0.15) is 4.98 Å². The number of aryl methyl sites for hydroxylation is 2. The van der Waals surface area contributed by atoms with Gasteiger partial charge >= 0.3 is 0 Å². The molecular formula is C27H29N5O. The van der Waals surface area contributed by atoms with Crippen molar-refractivity contribution in [1.82, 2.24) is 14.5 Å². The van der Waals surface area contributed by atoms with Crippen LogP contribution in [0.15, 0.2) is 54.6 Å². The zero-order valence-corrected chi connectivity index (χ0v) is 19.2. The summed E-state index contributed by atoms with van der Waals surface area (Å²) >= 11 is 0. The zero-order chi connectivity index (χ0) is 22.8. The molecule has 0 aliphatic heterocycles. The predicted molar refractivity (Wildman–Crippen MR) is 133 cm³/mol.